The van der Waals surface area contributed by atoms with Crippen molar-refractivity contribution in [2.24, 2.45) is 0 Å². The molecule has 0 aliphatic rings. The summed E-state index contributed by atoms with van der Waals surface area (Å²) in [5.41, 5.74) is 1.48. The second-order valence-electron chi connectivity index (χ2n) is 4.03. The molecule has 0 aliphatic carbocycles. The minimum Gasteiger partial charge on any atom is -0.503 e. The SMILES string of the molecule is COc1cccc(-c2c(N(C)C)oc(Br)c2O)c1. The molecule has 2 rings (SSSR count). The summed E-state index contributed by atoms with van der Waals surface area (Å²) >= 11 is 3.19. The lowest BCUT2D eigenvalue weighted by atomic mass is 10.1. The first kappa shape index (κ1) is 12.8. The highest BCUT2D eigenvalue weighted by molar-refractivity contribution is 9.10. The van der Waals surface area contributed by atoms with Crippen LogP contribution < -0.4 is 9.64 Å². The van der Waals surface area contributed by atoms with Crippen LogP contribution in [0.15, 0.2) is 33.4 Å². The van der Waals surface area contributed by atoms with Gasteiger partial charge in [-0.05, 0) is 33.6 Å². The average molecular weight is 312 g/mol. The van der Waals surface area contributed by atoms with Crippen molar-refractivity contribution >= 4 is 21.8 Å². The molecule has 18 heavy (non-hydrogen) atoms. The van der Waals surface area contributed by atoms with Gasteiger partial charge in [0.2, 0.25) is 10.6 Å². The second-order valence-corrected chi connectivity index (χ2v) is 4.75. The van der Waals surface area contributed by atoms with E-state index in [2.05, 4.69) is 15.9 Å². The van der Waals surface area contributed by atoms with Crippen LogP contribution in [0.2, 0.25) is 0 Å². The summed E-state index contributed by atoms with van der Waals surface area (Å²) in [5.74, 6) is 1.41. The maximum absolute atomic E-state index is 10.1. The molecular formula is C13H14BrNO3. The first-order valence-corrected chi connectivity index (χ1v) is 6.17. The molecule has 0 fully saturated rings. The second kappa shape index (κ2) is 4.94. The van der Waals surface area contributed by atoms with Crippen LogP contribution in [-0.2, 0) is 0 Å². The van der Waals surface area contributed by atoms with Gasteiger partial charge < -0.3 is 19.2 Å². The van der Waals surface area contributed by atoms with Gasteiger partial charge >= 0.3 is 0 Å². The molecule has 0 aliphatic heterocycles. The number of halogens is 1. The van der Waals surface area contributed by atoms with E-state index < -0.39 is 0 Å². The highest BCUT2D eigenvalue weighted by atomic mass is 79.9. The number of hydrogen-bond donors (Lipinski definition) is 1. The molecule has 0 saturated carbocycles. The number of aromatic hydroxyl groups is 1. The van der Waals surface area contributed by atoms with E-state index in [1.807, 2.05) is 38.4 Å². The number of rotatable bonds is 3. The zero-order valence-electron chi connectivity index (χ0n) is 10.4. The van der Waals surface area contributed by atoms with Crippen molar-refractivity contribution in [3.05, 3.63) is 28.9 Å². The van der Waals surface area contributed by atoms with E-state index in [1.54, 1.807) is 12.0 Å². The summed E-state index contributed by atoms with van der Waals surface area (Å²) < 4.78 is 11.0. The van der Waals surface area contributed by atoms with Crippen molar-refractivity contribution in [2.75, 3.05) is 26.1 Å². The Labute approximate surface area is 114 Å². The Hall–Kier alpha value is -1.62. The van der Waals surface area contributed by atoms with Gasteiger partial charge in [-0.15, -0.1) is 0 Å². The molecule has 0 bridgehead atoms. The molecular weight excluding hydrogens is 298 g/mol. The van der Waals surface area contributed by atoms with Crippen molar-refractivity contribution < 1.29 is 14.3 Å². The summed E-state index contributed by atoms with van der Waals surface area (Å²) in [7, 11) is 5.32. The van der Waals surface area contributed by atoms with Crippen LogP contribution in [0.3, 0.4) is 0 Å². The molecule has 0 spiro atoms. The smallest absolute Gasteiger partial charge is 0.214 e. The van der Waals surface area contributed by atoms with Crippen LogP contribution in [0.5, 0.6) is 11.5 Å². The topological polar surface area (TPSA) is 45.8 Å². The van der Waals surface area contributed by atoms with Crippen LogP contribution in [0.25, 0.3) is 11.1 Å². The van der Waals surface area contributed by atoms with E-state index in [4.69, 9.17) is 9.15 Å². The summed E-state index contributed by atoms with van der Waals surface area (Å²) in [6.07, 6.45) is 0. The molecule has 0 radical (unpaired) electrons. The lowest BCUT2D eigenvalue weighted by molar-refractivity contribution is 0.415. The molecule has 0 amide bonds. The van der Waals surface area contributed by atoms with Gasteiger partial charge in [0.25, 0.3) is 0 Å². The Morgan fingerprint density at radius 3 is 2.67 bits per heavy atom. The van der Waals surface area contributed by atoms with Crippen LogP contribution in [0, 0.1) is 0 Å². The number of nitrogens with zero attached hydrogens (tertiary/aromatic N) is 1. The molecule has 1 N–H and O–H groups in total. The lowest BCUT2D eigenvalue weighted by Gasteiger charge is -2.11. The first-order valence-electron chi connectivity index (χ1n) is 5.37. The van der Waals surface area contributed by atoms with Crippen molar-refractivity contribution in [3.63, 3.8) is 0 Å². The molecule has 5 heteroatoms. The molecule has 0 atom stereocenters. The van der Waals surface area contributed by atoms with Gasteiger partial charge in [-0.3, -0.25) is 0 Å². The predicted molar refractivity (Wildman–Crippen MR) is 74.4 cm³/mol. The summed E-state index contributed by atoms with van der Waals surface area (Å²) in [4.78, 5) is 1.80. The van der Waals surface area contributed by atoms with E-state index in [-0.39, 0.29) is 5.75 Å². The fourth-order valence-electron chi connectivity index (χ4n) is 1.74. The predicted octanol–water partition coefficient (Wildman–Crippen LogP) is 3.49. The molecule has 96 valence electrons. The van der Waals surface area contributed by atoms with E-state index in [0.717, 1.165) is 11.3 Å². The molecule has 1 heterocycles. The van der Waals surface area contributed by atoms with Crippen molar-refractivity contribution in [1.29, 1.82) is 0 Å². The van der Waals surface area contributed by atoms with Crippen molar-refractivity contribution in [1.82, 2.24) is 0 Å². The summed E-state index contributed by atoms with van der Waals surface area (Å²) in [6, 6.07) is 7.47. The van der Waals surface area contributed by atoms with Gasteiger partial charge in [-0.2, -0.15) is 0 Å². The molecule has 0 saturated heterocycles. The number of ether oxygens (including phenoxy) is 1. The molecule has 4 nitrogen and oxygen atoms in total. The van der Waals surface area contributed by atoms with Gasteiger partial charge in [-0.1, -0.05) is 12.1 Å². The first-order chi connectivity index (χ1) is 8.54. The monoisotopic (exact) mass is 311 g/mol. The number of benzene rings is 1. The minimum atomic E-state index is 0.0898. The Morgan fingerprint density at radius 1 is 1.33 bits per heavy atom. The van der Waals surface area contributed by atoms with E-state index in [9.17, 15) is 5.11 Å². The Bertz CT molecular complexity index is 563. The zero-order chi connectivity index (χ0) is 13.3. The third-order valence-corrected chi connectivity index (χ3v) is 3.13. The average Bonchev–Trinajstić information content (AvgIpc) is 2.66. The van der Waals surface area contributed by atoms with E-state index in [0.29, 0.717) is 16.1 Å². The Balaban J connectivity index is 2.61. The third-order valence-electron chi connectivity index (χ3n) is 2.59. The number of methoxy groups -OCH3 is 1. The van der Waals surface area contributed by atoms with E-state index >= 15 is 0 Å². The summed E-state index contributed by atoms with van der Waals surface area (Å²) in [5, 5.41) is 10.1. The number of anilines is 1. The largest absolute Gasteiger partial charge is 0.503 e. The molecule has 1 aromatic carbocycles. The van der Waals surface area contributed by atoms with Gasteiger partial charge in [-0.25, -0.2) is 0 Å². The van der Waals surface area contributed by atoms with Gasteiger partial charge in [0.1, 0.15) is 5.75 Å². The fourth-order valence-corrected chi connectivity index (χ4v) is 2.09. The fraction of sp³-hybridized carbons (Fsp3) is 0.231. The maximum atomic E-state index is 10.1. The maximum Gasteiger partial charge on any atom is 0.214 e. The lowest BCUT2D eigenvalue weighted by Crippen LogP contribution is -2.08. The van der Waals surface area contributed by atoms with Gasteiger partial charge in [0.05, 0.1) is 12.7 Å². The van der Waals surface area contributed by atoms with Crippen LogP contribution in [0.1, 0.15) is 0 Å². The minimum absolute atomic E-state index is 0.0898. The molecule has 2 aromatic rings. The Kier molecular flexibility index (Phi) is 3.52. The van der Waals surface area contributed by atoms with Crippen LogP contribution in [-0.4, -0.2) is 26.3 Å². The number of hydrogen-bond acceptors (Lipinski definition) is 4. The van der Waals surface area contributed by atoms with Gasteiger partial charge in [0.15, 0.2) is 5.75 Å². The number of furan rings is 1. The molecule has 0 unspecified atom stereocenters. The normalized spacial score (nSPS) is 10.4. The highest BCUT2D eigenvalue weighted by Gasteiger charge is 2.21. The van der Waals surface area contributed by atoms with Gasteiger partial charge in [0, 0.05) is 14.1 Å². The molecule has 1 aromatic heterocycles. The van der Waals surface area contributed by atoms with Crippen LogP contribution in [0.4, 0.5) is 5.88 Å². The highest BCUT2D eigenvalue weighted by Crippen LogP contribution is 2.45. The van der Waals surface area contributed by atoms with Crippen molar-refractivity contribution in [2.45, 2.75) is 0 Å². The van der Waals surface area contributed by atoms with Crippen LogP contribution >= 0.6 is 15.9 Å². The third kappa shape index (κ3) is 2.18. The quantitative estimate of drug-likeness (QED) is 0.942. The summed E-state index contributed by atoms with van der Waals surface area (Å²) in [6.45, 7) is 0. The Morgan fingerprint density at radius 2 is 2.06 bits per heavy atom. The van der Waals surface area contributed by atoms with E-state index in [1.165, 1.54) is 0 Å². The zero-order valence-corrected chi connectivity index (χ0v) is 12.0. The van der Waals surface area contributed by atoms with Crippen molar-refractivity contribution in [3.8, 4) is 22.6 Å². The standard InChI is InChI=1S/C13H14BrNO3/c1-15(2)13-10(11(16)12(14)18-13)8-5-4-6-9(7-8)17-3/h4-7,16H,1-3H3.